The molecule has 5 fully saturated rings. The van der Waals surface area contributed by atoms with E-state index >= 15 is 0 Å². The third-order valence-corrected chi connectivity index (χ3v) is 13.4. The van der Waals surface area contributed by atoms with Crippen molar-refractivity contribution < 1.29 is 18.6 Å². The standard InChI is InChI=1S/C28H50N2O4S/c1-20-7-2-3-10-27(20)35(33,34)29-15-4-5-16-30-25(18-29)28(26(30)19-31)22-13-11-21(12-14-22)23-8-6-9-24(32)17-23/h20-28,31-32H,2-19H2,1H3/t20?,21?,22?,23?,24?,25?,26-,27?,28+/m1/s1. The zero-order valence-electron chi connectivity index (χ0n) is 21.9. The SMILES string of the molecule is CC1CCCCC1S(=O)(=O)N1CCCCN2C(C1)[C@H](C1CCC(C3CCCC(O)C3)CC1)[C@H]2CO. The Kier molecular flexibility index (Phi) is 8.50. The molecule has 7 heteroatoms. The van der Waals surface area contributed by atoms with Crippen LogP contribution in [0.15, 0.2) is 0 Å². The fraction of sp³-hybridized carbons (Fsp3) is 1.00. The molecule has 5 unspecified atom stereocenters. The van der Waals surface area contributed by atoms with Crippen LogP contribution in [-0.4, -0.2) is 77.5 Å². The number of hydrogen-bond donors (Lipinski definition) is 2. The molecule has 35 heavy (non-hydrogen) atoms. The number of aliphatic hydroxyl groups is 2. The van der Waals surface area contributed by atoms with Crippen molar-refractivity contribution in [1.29, 1.82) is 0 Å². The molecule has 0 aromatic heterocycles. The molecule has 6 nitrogen and oxygen atoms in total. The molecule has 5 aliphatic rings. The lowest BCUT2D eigenvalue weighted by Crippen LogP contribution is -2.71. The van der Waals surface area contributed by atoms with Crippen LogP contribution in [0.25, 0.3) is 0 Å². The topological polar surface area (TPSA) is 81.1 Å². The van der Waals surface area contributed by atoms with Gasteiger partial charge in [0.2, 0.25) is 10.0 Å². The Morgan fingerprint density at radius 3 is 2.23 bits per heavy atom. The average molecular weight is 511 g/mol. The predicted molar refractivity (Wildman–Crippen MR) is 139 cm³/mol. The maximum absolute atomic E-state index is 13.8. The summed E-state index contributed by atoms with van der Waals surface area (Å²) in [6.45, 7) is 4.62. The van der Waals surface area contributed by atoms with Crippen LogP contribution in [0.4, 0.5) is 0 Å². The van der Waals surface area contributed by atoms with Crippen molar-refractivity contribution in [2.75, 3.05) is 26.2 Å². The number of hydrogen-bond acceptors (Lipinski definition) is 5. The van der Waals surface area contributed by atoms with E-state index in [-0.39, 0.29) is 36.0 Å². The van der Waals surface area contributed by atoms with Gasteiger partial charge >= 0.3 is 0 Å². The van der Waals surface area contributed by atoms with E-state index in [0.717, 1.165) is 63.8 Å². The Morgan fingerprint density at radius 2 is 1.51 bits per heavy atom. The minimum Gasteiger partial charge on any atom is -0.395 e. The van der Waals surface area contributed by atoms with Crippen LogP contribution >= 0.6 is 0 Å². The quantitative estimate of drug-likeness (QED) is 0.584. The predicted octanol–water partition coefficient (Wildman–Crippen LogP) is 4.01. The Hall–Kier alpha value is -0.210. The molecule has 0 aromatic carbocycles. The van der Waals surface area contributed by atoms with Gasteiger partial charge in [-0.05, 0) is 107 Å². The average Bonchev–Trinajstić information content (AvgIpc) is 2.83. The van der Waals surface area contributed by atoms with E-state index in [1.165, 1.54) is 38.5 Å². The molecular weight excluding hydrogens is 460 g/mol. The Labute approximate surface area is 213 Å². The Balaban J connectivity index is 1.26. The van der Waals surface area contributed by atoms with Gasteiger partial charge in [-0.15, -0.1) is 0 Å². The molecule has 2 aliphatic heterocycles. The zero-order chi connectivity index (χ0) is 24.6. The van der Waals surface area contributed by atoms with E-state index in [1.54, 1.807) is 0 Å². The molecule has 2 saturated heterocycles. The summed E-state index contributed by atoms with van der Waals surface area (Å²) in [7, 11) is -3.28. The summed E-state index contributed by atoms with van der Waals surface area (Å²) >= 11 is 0. The molecule has 0 aromatic rings. The van der Waals surface area contributed by atoms with Gasteiger partial charge in [-0.2, -0.15) is 0 Å². The first kappa shape index (κ1) is 26.4. The highest BCUT2D eigenvalue weighted by Crippen LogP contribution is 2.48. The van der Waals surface area contributed by atoms with Crippen LogP contribution < -0.4 is 0 Å². The van der Waals surface area contributed by atoms with Crippen LogP contribution in [0.3, 0.4) is 0 Å². The molecule has 3 aliphatic carbocycles. The molecule has 3 saturated carbocycles. The zero-order valence-corrected chi connectivity index (χ0v) is 22.8. The lowest BCUT2D eigenvalue weighted by atomic mass is 9.63. The summed E-state index contributed by atoms with van der Waals surface area (Å²) in [5.41, 5.74) is 0. The summed E-state index contributed by atoms with van der Waals surface area (Å²) < 4.78 is 29.5. The third-order valence-electron chi connectivity index (χ3n) is 10.9. The van der Waals surface area contributed by atoms with E-state index < -0.39 is 10.0 Å². The smallest absolute Gasteiger partial charge is 0.217 e. The highest BCUT2D eigenvalue weighted by molar-refractivity contribution is 7.89. The van der Waals surface area contributed by atoms with E-state index in [1.807, 2.05) is 4.31 Å². The summed E-state index contributed by atoms with van der Waals surface area (Å²) in [6, 6.07) is 0.466. The summed E-state index contributed by atoms with van der Waals surface area (Å²) in [4.78, 5) is 2.46. The number of rotatable bonds is 5. The highest BCUT2D eigenvalue weighted by atomic mass is 32.2. The lowest BCUT2D eigenvalue weighted by Gasteiger charge is -2.60. The molecular formula is C28H50N2O4S. The van der Waals surface area contributed by atoms with Crippen molar-refractivity contribution in [3.05, 3.63) is 0 Å². The number of sulfonamides is 1. The van der Waals surface area contributed by atoms with Crippen molar-refractivity contribution in [2.24, 2.45) is 29.6 Å². The van der Waals surface area contributed by atoms with Crippen molar-refractivity contribution in [3.63, 3.8) is 0 Å². The first-order valence-electron chi connectivity index (χ1n) is 14.9. The van der Waals surface area contributed by atoms with Gasteiger partial charge in [-0.3, -0.25) is 4.90 Å². The number of fused-ring (bicyclic) bond motifs is 1. The molecule has 202 valence electrons. The lowest BCUT2D eigenvalue weighted by molar-refractivity contribution is -0.123. The van der Waals surface area contributed by atoms with Gasteiger partial charge in [0.1, 0.15) is 0 Å². The van der Waals surface area contributed by atoms with E-state index in [2.05, 4.69) is 11.8 Å². The van der Waals surface area contributed by atoms with Gasteiger partial charge in [0.15, 0.2) is 0 Å². The van der Waals surface area contributed by atoms with Crippen molar-refractivity contribution in [1.82, 2.24) is 9.21 Å². The summed E-state index contributed by atoms with van der Waals surface area (Å²) in [5.74, 6) is 2.69. The maximum Gasteiger partial charge on any atom is 0.217 e. The third kappa shape index (κ3) is 5.36. The number of aliphatic hydroxyl groups excluding tert-OH is 2. The Morgan fingerprint density at radius 1 is 0.800 bits per heavy atom. The monoisotopic (exact) mass is 510 g/mol. The molecule has 0 amide bonds. The molecule has 2 heterocycles. The molecule has 0 spiro atoms. The Bertz CT molecular complexity index is 799. The van der Waals surface area contributed by atoms with E-state index in [0.29, 0.717) is 30.8 Å². The minimum atomic E-state index is -3.28. The van der Waals surface area contributed by atoms with Crippen LogP contribution in [-0.2, 0) is 10.0 Å². The fourth-order valence-corrected chi connectivity index (χ4v) is 11.2. The molecule has 0 bridgehead atoms. The van der Waals surface area contributed by atoms with Crippen LogP contribution in [0.2, 0.25) is 0 Å². The molecule has 0 radical (unpaired) electrons. The number of nitrogens with zero attached hydrogens (tertiary/aromatic N) is 2. The van der Waals surface area contributed by atoms with Gasteiger partial charge in [0.05, 0.1) is 18.0 Å². The van der Waals surface area contributed by atoms with Gasteiger partial charge < -0.3 is 10.2 Å². The van der Waals surface area contributed by atoms with Crippen molar-refractivity contribution in [2.45, 2.75) is 120 Å². The fourth-order valence-electron chi connectivity index (χ4n) is 8.92. The van der Waals surface area contributed by atoms with E-state index in [9.17, 15) is 18.6 Å². The second-order valence-electron chi connectivity index (χ2n) is 12.8. The molecule has 2 N–H and O–H groups in total. The van der Waals surface area contributed by atoms with Gasteiger partial charge in [-0.1, -0.05) is 26.2 Å². The van der Waals surface area contributed by atoms with Crippen LogP contribution in [0.1, 0.15) is 96.8 Å². The highest BCUT2D eigenvalue weighted by Gasteiger charge is 2.53. The summed E-state index contributed by atoms with van der Waals surface area (Å²) in [5, 5.41) is 20.3. The summed E-state index contributed by atoms with van der Waals surface area (Å²) in [6.07, 6.45) is 15.2. The maximum atomic E-state index is 13.8. The minimum absolute atomic E-state index is 0.0971. The first-order chi connectivity index (χ1) is 16.9. The molecule has 5 rings (SSSR count). The van der Waals surface area contributed by atoms with Crippen LogP contribution in [0.5, 0.6) is 0 Å². The van der Waals surface area contributed by atoms with E-state index in [4.69, 9.17) is 0 Å². The van der Waals surface area contributed by atoms with Gasteiger partial charge in [0, 0.05) is 25.2 Å². The largest absolute Gasteiger partial charge is 0.395 e. The van der Waals surface area contributed by atoms with Crippen LogP contribution in [0, 0.1) is 29.6 Å². The second kappa shape index (κ2) is 11.3. The van der Waals surface area contributed by atoms with Gasteiger partial charge in [0.25, 0.3) is 0 Å². The van der Waals surface area contributed by atoms with Gasteiger partial charge in [-0.25, -0.2) is 12.7 Å². The van der Waals surface area contributed by atoms with Crippen molar-refractivity contribution in [3.8, 4) is 0 Å². The first-order valence-corrected chi connectivity index (χ1v) is 16.4. The molecule has 7 atom stereocenters. The normalized spacial score (nSPS) is 44.6. The van der Waals surface area contributed by atoms with Crippen molar-refractivity contribution >= 4 is 10.0 Å². The second-order valence-corrected chi connectivity index (χ2v) is 14.9.